The Morgan fingerprint density at radius 3 is 1.25 bits per heavy atom. The van der Waals surface area contributed by atoms with Gasteiger partial charge in [0.05, 0.1) is 6.61 Å². The van der Waals surface area contributed by atoms with Crippen molar-refractivity contribution in [3.8, 4) is 0 Å². The quantitative estimate of drug-likeness (QED) is 0.0479. The Kier molecular flexibility index (Phi) is 30.9. The van der Waals surface area contributed by atoms with Gasteiger partial charge in [-0.05, 0) is 45.2 Å². The Labute approximate surface area is 288 Å². The first kappa shape index (κ1) is 45.3. The van der Waals surface area contributed by atoms with Gasteiger partial charge in [0.1, 0.15) is 19.8 Å². The van der Waals surface area contributed by atoms with Gasteiger partial charge in [0.2, 0.25) is 0 Å². The first-order chi connectivity index (χ1) is 23.2. The van der Waals surface area contributed by atoms with E-state index in [9.17, 15) is 29.1 Å². The van der Waals surface area contributed by atoms with E-state index in [1.807, 2.05) is 6.92 Å². The van der Waals surface area contributed by atoms with Crippen molar-refractivity contribution in [2.45, 2.75) is 161 Å². The lowest BCUT2D eigenvalue weighted by molar-refractivity contribution is -0.167. The summed E-state index contributed by atoms with van der Waals surface area (Å²) in [5, 5.41) is 12.6. The molecule has 0 saturated carbocycles. The molecule has 48 heavy (non-hydrogen) atoms. The summed E-state index contributed by atoms with van der Waals surface area (Å²) in [7, 11) is 0. The fourth-order valence-corrected chi connectivity index (χ4v) is 4.61. The van der Waals surface area contributed by atoms with Crippen LogP contribution in [0.4, 0.5) is 0 Å². The van der Waals surface area contributed by atoms with E-state index in [0.29, 0.717) is 45.2 Å². The number of esters is 5. The Morgan fingerprint density at radius 1 is 0.458 bits per heavy atom. The van der Waals surface area contributed by atoms with Crippen LogP contribution in [0, 0.1) is 0 Å². The van der Waals surface area contributed by atoms with Crippen LogP contribution in [-0.4, -0.2) is 86.7 Å². The van der Waals surface area contributed by atoms with Gasteiger partial charge in [0.15, 0.2) is 12.2 Å². The van der Waals surface area contributed by atoms with E-state index in [0.717, 1.165) is 77.0 Å². The summed E-state index contributed by atoms with van der Waals surface area (Å²) >= 11 is 0. The summed E-state index contributed by atoms with van der Waals surface area (Å²) in [4.78, 5) is 60.7. The molecular weight excluding hydrogens is 622 g/mol. The van der Waals surface area contributed by atoms with Gasteiger partial charge in [-0.3, -0.25) is 24.0 Å². The highest BCUT2D eigenvalue weighted by Crippen LogP contribution is 2.10. The van der Waals surface area contributed by atoms with Crippen LogP contribution >= 0.6 is 0 Å². The molecule has 2 atom stereocenters. The number of aliphatic hydroxyl groups excluding tert-OH is 1. The van der Waals surface area contributed by atoms with Gasteiger partial charge >= 0.3 is 29.8 Å². The number of unbranched alkanes of at least 4 members (excludes halogenated alkanes) is 10. The summed E-state index contributed by atoms with van der Waals surface area (Å²) < 4.78 is 26.4. The second-order valence-electron chi connectivity index (χ2n) is 12.2. The molecule has 0 spiro atoms. The summed E-state index contributed by atoms with van der Waals surface area (Å²) in [5.74, 6) is -2.09. The smallest absolute Gasteiger partial charge is 0.306 e. The number of carbonyl (C=O) groups excluding carboxylic acids is 5. The van der Waals surface area contributed by atoms with Crippen molar-refractivity contribution < 1.29 is 52.8 Å². The molecule has 0 bridgehead atoms. The molecular formula is C36H65NO11. The topological polar surface area (TPSA) is 164 Å². The van der Waals surface area contributed by atoms with Crippen LogP contribution in [0.15, 0.2) is 0 Å². The lowest BCUT2D eigenvalue weighted by Gasteiger charge is -2.18. The molecule has 0 aromatic heterocycles. The lowest BCUT2D eigenvalue weighted by atomic mass is 10.1. The molecule has 280 valence electrons. The number of rotatable bonds is 33. The van der Waals surface area contributed by atoms with Gasteiger partial charge < -0.3 is 34.1 Å². The van der Waals surface area contributed by atoms with Gasteiger partial charge in [0, 0.05) is 32.1 Å². The summed E-state index contributed by atoms with van der Waals surface area (Å²) in [5.41, 5.74) is 0. The molecule has 12 heteroatoms. The highest BCUT2D eigenvalue weighted by Gasteiger charge is 2.20. The van der Waals surface area contributed by atoms with Crippen molar-refractivity contribution in [1.29, 1.82) is 0 Å². The predicted molar refractivity (Wildman–Crippen MR) is 182 cm³/mol. The summed E-state index contributed by atoms with van der Waals surface area (Å²) in [6.07, 6.45) is 13.0. The predicted octanol–water partition coefficient (Wildman–Crippen LogP) is 5.88. The maximum Gasteiger partial charge on any atom is 0.306 e. The van der Waals surface area contributed by atoms with Crippen molar-refractivity contribution in [3.63, 3.8) is 0 Å². The van der Waals surface area contributed by atoms with Gasteiger partial charge in [-0.2, -0.15) is 0 Å². The molecule has 2 unspecified atom stereocenters. The van der Waals surface area contributed by atoms with Crippen LogP contribution in [0.5, 0.6) is 0 Å². The molecule has 2 N–H and O–H groups in total. The van der Waals surface area contributed by atoms with Gasteiger partial charge in [-0.25, -0.2) is 0 Å². The van der Waals surface area contributed by atoms with E-state index >= 15 is 0 Å². The SMILES string of the molecule is CCCCCCCCC(=O)OCC(COC(=O)CCCCCC)OC(=O)CCCNCCCC(=O)OC(CO)COC(=O)CCCCC. The van der Waals surface area contributed by atoms with E-state index in [2.05, 4.69) is 19.2 Å². The second-order valence-corrected chi connectivity index (χ2v) is 12.2. The molecule has 12 nitrogen and oxygen atoms in total. The lowest BCUT2D eigenvalue weighted by Crippen LogP contribution is -2.31. The van der Waals surface area contributed by atoms with E-state index in [4.69, 9.17) is 23.7 Å². The minimum Gasteiger partial charge on any atom is -0.462 e. The van der Waals surface area contributed by atoms with Crippen molar-refractivity contribution in [2.24, 2.45) is 0 Å². The normalized spacial score (nSPS) is 12.2. The van der Waals surface area contributed by atoms with Crippen molar-refractivity contribution >= 4 is 29.8 Å². The molecule has 0 amide bonds. The fraction of sp³-hybridized carbons (Fsp3) is 0.861. The average Bonchev–Trinajstić information content (AvgIpc) is 3.07. The third-order valence-corrected chi connectivity index (χ3v) is 7.51. The zero-order chi connectivity index (χ0) is 35.7. The van der Waals surface area contributed by atoms with E-state index < -0.39 is 30.8 Å². The second kappa shape index (κ2) is 32.8. The average molecular weight is 688 g/mol. The van der Waals surface area contributed by atoms with Gasteiger partial charge in [-0.1, -0.05) is 85.0 Å². The highest BCUT2D eigenvalue weighted by atomic mass is 16.6. The Balaban J connectivity index is 4.37. The molecule has 0 fully saturated rings. The summed E-state index contributed by atoms with van der Waals surface area (Å²) in [6.45, 7) is 6.34. The number of aliphatic hydroxyl groups is 1. The first-order valence-corrected chi connectivity index (χ1v) is 18.4. The number of nitrogens with one attached hydrogen (secondary N) is 1. The molecule has 0 rings (SSSR count). The van der Waals surface area contributed by atoms with E-state index in [-0.39, 0.29) is 50.6 Å². The van der Waals surface area contributed by atoms with Crippen LogP contribution < -0.4 is 5.32 Å². The van der Waals surface area contributed by atoms with Crippen LogP contribution in [0.1, 0.15) is 149 Å². The van der Waals surface area contributed by atoms with E-state index in [1.165, 1.54) is 6.42 Å². The fourth-order valence-electron chi connectivity index (χ4n) is 4.61. The molecule has 0 aromatic rings. The largest absolute Gasteiger partial charge is 0.462 e. The van der Waals surface area contributed by atoms with Gasteiger partial charge in [0.25, 0.3) is 0 Å². The number of ether oxygens (including phenoxy) is 5. The molecule has 0 aliphatic heterocycles. The van der Waals surface area contributed by atoms with Crippen LogP contribution in [0.25, 0.3) is 0 Å². The third kappa shape index (κ3) is 29.4. The maximum atomic E-state index is 12.5. The number of hydrogen-bond donors (Lipinski definition) is 2. The van der Waals surface area contributed by atoms with Crippen molar-refractivity contribution in [2.75, 3.05) is 39.5 Å². The van der Waals surface area contributed by atoms with Crippen molar-refractivity contribution in [3.05, 3.63) is 0 Å². The van der Waals surface area contributed by atoms with Crippen LogP contribution in [0.3, 0.4) is 0 Å². The Hall–Kier alpha value is -2.73. The van der Waals surface area contributed by atoms with Crippen molar-refractivity contribution in [1.82, 2.24) is 5.32 Å². The van der Waals surface area contributed by atoms with Gasteiger partial charge in [-0.15, -0.1) is 0 Å². The molecule has 0 saturated heterocycles. The zero-order valence-electron chi connectivity index (χ0n) is 30.1. The Morgan fingerprint density at radius 2 is 0.792 bits per heavy atom. The minimum absolute atomic E-state index is 0.109. The Bertz CT molecular complexity index is 852. The molecule has 0 aromatic carbocycles. The van der Waals surface area contributed by atoms with Crippen LogP contribution in [0.2, 0.25) is 0 Å². The highest BCUT2D eigenvalue weighted by molar-refractivity contribution is 5.71. The molecule has 0 aliphatic rings. The standard InChI is InChI=1S/C36H65NO11/c1-4-7-10-12-13-16-21-34(41)46-29-31(28-45-33(40)20-15-11-8-5-2)48-36(43)23-18-25-37-24-17-22-35(42)47-30(26-38)27-44-32(39)19-14-9-6-3/h30-31,37-38H,4-29H2,1-3H3. The third-order valence-electron chi connectivity index (χ3n) is 7.51. The molecule has 0 radical (unpaired) electrons. The monoisotopic (exact) mass is 687 g/mol. The minimum atomic E-state index is -0.895. The zero-order valence-corrected chi connectivity index (χ0v) is 30.1. The summed E-state index contributed by atoms with van der Waals surface area (Å²) in [6, 6.07) is 0. The van der Waals surface area contributed by atoms with Crippen LogP contribution in [-0.2, 0) is 47.7 Å². The maximum absolute atomic E-state index is 12.5. The molecule has 0 aliphatic carbocycles. The number of carbonyl (C=O) groups is 5. The number of hydrogen-bond acceptors (Lipinski definition) is 12. The first-order valence-electron chi connectivity index (χ1n) is 18.4. The molecule has 0 heterocycles. The van der Waals surface area contributed by atoms with E-state index in [1.54, 1.807) is 0 Å².